The second-order valence-corrected chi connectivity index (χ2v) is 5.66. The summed E-state index contributed by atoms with van der Waals surface area (Å²) in [7, 11) is 1.79. The van der Waals surface area contributed by atoms with Crippen molar-refractivity contribution >= 4 is 35.1 Å². The number of rotatable bonds is 3. The van der Waals surface area contributed by atoms with E-state index in [-0.39, 0.29) is 17.6 Å². The highest BCUT2D eigenvalue weighted by atomic mass is 35.5. The quantitative estimate of drug-likeness (QED) is 0.652. The molecule has 0 saturated carbocycles. The van der Waals surface area contributed by atoms with Crippen molar-refractivity contribution in [2.24, 2.45) is 5.84 Å². The molecule has 2 heterocycles. The molecule has 1 aromatic heterocycles. The van der Waals surface area contributed by atoms with Gasteiger partial charge >= 0.3 is 0 Å². The zero-order chi connectivity index (χ0) is 13.1. The molecule has 3 N–H and O–H groups in total. The van der Waals surface area contributed by atoms with Crippen molar-refractivity contribution in [3.05, 3.63) is 22.8 Å². The Labute approximate surface area is 115 Å². The monoisotopic (exact) mass is 286 g/mol. The zero-order valence-corrected chi connectivity index (χ0v) is 11.6. The summed E-state index contributed by atoms with van der Waals surface area (Å²) in [5.41, 5.74) is 2.66. The third-order valence-corrected chi connectivity index (χ3v) is 4.42. The topological polar surface area (TPSA) is 71.2 Å². The van der Waals surface area contributed by atoms with Gasteiger partial charge in [0.25, 0.3) is 5.91 Å². The Morgan fingerprint density at radius 2 is 2.44 bits per heavy atom. The average Bonchev–Trinajstić information content (AvgIpc) is 2.91. The molecule has 0 bridgehead atoms. The van der Waals surface area contributed by atoms with E-state index in [0.29, 0.717) is 10.8 Å². The van der Waals surface area contributed by atoms with Gasteiger partial charge in [0.1, 0.15) is 11.5 Å². The van der Waals surface area contributed by atoms with Crippen LogP contribution in [0, 0.1) is 0 Å². The first-order valence-corrected chi connectivity index (χ1v) is 7.15. The van der Waals surface area contributed by atoms with Crippen LogP contribution in [-0.2, 0) is 0 Å². The van der Waals surface area contributed by atoms with Crippen LogP contribution in [0.4, 0.5) is 5.82 Å². The zero-order valence-electron chi connectivity index (χ0n) is 10.0. The van der Waals surface area contributed by atoms with Crippen molar-refractivity contribution in [1.82, 2.24) is 9.88 Å². The number of nitrogens with one attached hydrogen (secondary N) is 1. The van der Waals surface area contributed by atoms with E-state index in [2.05, 4.69) is 10.4 Å². The number of hydrogen-bond donors (Lipinski definition) is 2. The van der Waals surface area contributed by atoms with Gasteiger partial charge in [0.15, 0.2) is 0 Å². The molecule has 1 aliphatic rings. The van der Waals surface area contributed by atoms with Gasteiger partial charge in [-0.3, -0.25) is 4.79 Å². The highest BCUT2D eigenvalue weighted by molar-refractivity contribution is 7.99. The number of anilines is 1. The van der Waals surface area contributed by atoms with Crippen LogP contribution in [0.15, 0.2) is 12.1 Å². The molecular weight excluding hydrogens is 272 g/mol. The van der Waals surface area contributed by atoms with Gasteiger partial charge in [-0.15, -0.1) is 0 Å². The largest absolute Gasteiger partial charge is 0.336 e. The number of hydrazine groups is 1. The van der Waals surface area contributed by atoms with Crippen molar-refractivity contribution in [3.8, 4) is 0 Å². The predicted molar refractivity (Wildman–Crippen MR) is 74.9 cm³/mol. The summed E-state index contributed by atoms with van der Waals surface area (Å²) in [4.78, 5) is 18.2. The number of nitrogens with zero attached hydrogens (tertiary/aromatic N) is 2. The van der Waals surface area contributed by atoms with Crippen molar-refractivity contribution in [3.63, 3.8) is 0 Å². The fourth-order valence-electron chi connectivity index (χ4n) is 1.83. The summed E-state index contributed by atoms with van der Waals surface area (Å²) >= 11 is 7.87. The molecule has 98 valence electrons. The minimum absolute atomic E-state index is 0.162. The van der Waals surface area contributed by atoms with Crippen molar-refractivity contribution in [1.29, 1.82) is 0 Å². The lowest BCUT2D eigenvalue weighted by Gasteiger charge is -2.23. The minimum Gasteiger partial charge on any atom is -0.336 e. The lowest BCUT2D eigenvalue weighted by atomic mass is 10.2. The Balaban J connectivity index is 2.21. The summed E-state index contributed by atoms with van der Waals surface area (Å²) < 4.78 is 0. The number of hydrogen-bond acceptors (Lipinski definition) is 5. The van der Waals surface area contributed by atoms with E-state index in [1.807, 2.05) is 11.8 Å². The molecule has 7 heteroatoms. The number of carbonyl (C=O) groups is 1. The first kappa shape index (κ1) is 13.5. The molecule has 1 aliphatic heterocycles. The Kier molecular flexibility index (Phi) is 4.31. The fraction of sp³-hybridized carbons (Fsp3) is 0.455. The van der Waals surface area contributed by atoms with Crippen LogP contribution in [0.2, 0.25) is 5.02 Å². The summed E-state index contributed by atoms with van der Waals surface area (Å²) in [5.74, 6) is 7.61. The second kappa shape index (κ2) is 5.77. The standard InChI is InChI=1S/C11H15ClN4OS/c1-16(7-4-5-18-6-7)11(17)10-8(12)2-3-9(14-10)15-13/h2-3,7H,4-6,13H2,1H3,(H,14,15). The van der Waals surface area contributed by atoms with Crippen LogP contribution in [0.25, 0.3) is 0 Å². The number of carbonyl (C=O) groups excluding carboxylic acids is 1. The molecule has 2 rings (SSSR count). The van der Waals surface area contributed by atoms with Gasteiger partial charge in [0.2, 0.25) is 0 Å². The summed E-state index contributed by atoms with van der Waals surface area (Å²) in [6.45, 7) is 0. The van der Waals surface area contributed by atoms with Gasteiger partial charge in [-0.1, -0.05) is 11.6 Å². The van der Waals surface area contributed by atoms with E-state index < -0.39 is 0 Å². The molecule has 1 unspecified atom stereocenters. The van der Waals surface area contributed by atoms with Gasteiger partial charge in [0.05, 0.1) is 5.02 Å². The molecular formula is C11H15ClN4OS. The summed E-state index contributed by atoms with van der Waals surface area (Å²) in [6, 6.07) is 3.51. The number of nitrogens with two attached hydrogens (primary N) is 1. The third kappa shape index (κ3) is 2.71. The highest BCUT2D eigenvalue weighted by Crippen LogP contribution is 2.24. The normalized spacial score (nSPS) is 18.7. The van der Waals surface area contributed by atoms with Crippen LogP contribution in [0.5, 0.6) is 0 Å². The van der Waals surface area contributed by atoms with E-state index in [1.165, 1.54) is 0 Å². The predicted octanol–water partition coefficient (Wildman–Crippen LogP) is 1.60. The minimum atomic E-state index is -0.162. The Hall–Kier alpha value is -0.980. The molecule has 1 amide bonds. The maximum absolute atomic E-state index is 12.3. The van der Waals surface area contributed by atoms with Gasteiger partial charge < -0.3 is 10.3 Å². The van der Waals surface area contributed by atoms with E-state index in [9.17, 15) is 4.79 Å². The van der Waals surface area contributed by atoms with Gasteiger partial charge in [-0.2, -0.15) is 11.8 Å². The van der Waals surface area contributed by atoms with Crippen molar-refractivity contribution in [2.45, 2.75) is 12.5 Å². The third-order valence-electron chi connectivity index (χ3n) is 2.97. The van der Waals surface area contributed by atoms with Gasteiger partial charge in [-0.05, 0) is 24.3 Å². The SMILES string of the molecule is CN(C(=O)c1nc(NN)ccc1Cl)C1CCSC1. The molecule has 5 nitrogen and oxygen atoms in total. The molecule has 0 aromatic carbocycles. The lowest BCUT2D eigenvalue weighted by molar-refractivity contribution is 0.0742. The maximum atomic E-state index is 12.3. The van der Waals surface area contributed by atoms with E-state index in [4.69, 9.17) is 17.4 Å². The number of thioether (sulfide) groups is 1. The van der Waals surface area contributed by atoms with E-state index in [0.717, 1.165) is 17.9 Å². The van der Waals surface area contributed by atoms with Crippen molar-refractivity contribution in [2.75, 3.05) is 24.0 Å². The molecule has 1 atom stereocenters. The molecule has 1 fully saturated rings. The molecule has 18 heavy (non-hydrogen) atoms. The maximum Gasteiger partial charge on any atom is 0.274 e. The van der Waals surface area contributed by atoms with Crippen LogP contribution in [0.1, 0.15) is 16.9 Å². The van der Waals surface area contributed by atoms with Crippen LogP contribution in [-0.4, -0.2) is 40.4 Å². The second-order valence-electron chi connectivity index (χ2n) is 4.10. The molecule has 0 radical (unpaired) electrons. The van der Waals surface area contributed by atoms with Crippen LogP contribution in [0.3, 0.4) is 0 Å². The molecule has 1 saturated heterocycles. The number of halogens is 1. The Morgan fingerprint density at radius 1 is 1.67 bits per heavy atom. The molecule has 1 aromatic rings. The van der Waals surface area contributed by atoms with E-state index >= 15 is 0 Å². The number of aromatic nitrogens is 1. The smallest absolute Gasteiger partial charge is 0.274 e. The van der Waals surface area contributed by atoms with Crippen LogP contribution >= 0.6 is 23.4 Å². The Morgan fingerprint density at radius 3 is 3.06 bits per heavy atom. The van der Waals surface area contributed by atoms with E-state index in [1.54, 1.807) is 24.1 Å². The lowest BCUT2D eigenvalue weighted by Crippen LogP contribution is -2.37. The summed E-state index contributed by atoms with van der Waals surface area (Å²) in [6.07, 6.45) is 1.01. The number of pyridine rings is 1. The van der Waals surface area contributed by atoms with Crippen LogP contribution < -0.4 is 11.3 Å². The molecule has 0 spiro atoms. The number of nitrogen functional groups attached to an aromatic ring is 1. The Bertz CT molecular complexity index is 451. The highest BCUT2D eigenvalue weighted by Gasteiger charge is 2.26. The molecule has 0 aliphatic carbocycles. The van der Waals surface area contributed by atoms with Crippen molar-refractivity contribution < 1.29 is 4.79 Å². The average molecular weight is 287 g/mol. The summed E-state index contributed by atoms with van der Waals surface area (Å²) in [5, 5.41) is 0.344. The van der Waals surface area contributed by atoms with Gasteiger partial charge in [-0.25, -0.2) is 10.8 Å². The first-order chi connectivity index (χ1) is 8.63. The first-order valence-electron chi connectivity index (χ1n) is 5.61. The fourth-order valence-corrected chi connectivity index (χ4v) is 3.29. The van der Waals surface area contributed by atoms with Gasteiger partial charge in [0, 0.05) is 18.8 Å². The number of amides is 1.